The number of hydrogen-bond acceptors (Lipinski definition) is 6. The van der Waals surface area contributed by atoms with Crippen LogP contribution in [-0.2, 0) is 24.6 Å². The molecule has 0 aliphatic rings. The van der Waals surface area contributed by atoms with Gasteiger partial charge in [-0.1, -0.05) is 12.1 Å². The van der Waals surface area contributed by atoms with Crippen molar-refractivity contribution in [3.63, 3.8) is 0 Å². The van der Waals surface area contributed by atoms with Gasteiger partial charge in [-0.05, 0) is 60.1 Å². The number of rotatable bonds is 4. The number of nitrogens with one attached hydrogen (secondary N) is 2. The normalized spacial score (nSPS) is 12.3. The Hall–Kier alpha value is -2.77. The summed E-state index contributed by atoms with van der Waals surface area (Å²) in [6.45, 7) is 11.7. The van der Waals surface area contributed by atoms with Gasteiger partial charge in [0.25, 0.3) is 5.54 Å². The number of ether oxygens (including phenoxy) is 2. The number of nitrogen functional groups attached to an aromatic ring is 1. The minimum absolute atomic E-state index is 0.142. The zero-order valence-corrected chi connectivity index (χ0v) is 17.0. The standard InChI is InChI=1S/C19H30N4O4/c1-11-9-8-10-12(20)13(11)19(23-16(21)22,14(24)26-17(2,3)4)15(25)27-18(5,6)7/h8-10H,20H2,1-7H3,(H4,21,22,23). The monoisotopic (exact) mass is 378 g/mol. The molecule has 0 aromatic heterocycles. The lowest BCUT2D eigenvalue weighted by Gasteiger charge is -2.37. The van der Waals surface area contributed by atoms with E-state index in [0.29, 0.717) is 5.56 Å². The molecule has 0 aliphatic heterocycles. The SMILES string of the molecule is Cc1cccc(N)c1C(NC(=N)N)(C(=O)OC(C)(C)C)C(=O)OC(C)(C)C. The number of guanidine groups is 1. The van der Waals surface area contributed by atoms with Crippen LogP contribution in [0.15, 0.2) is 18.2 Å². The van der Waals surface area contributed by atoms with Gasteiger partial charge in [-0.15, -0.1) is 0 Å². The summed E-state index contributed by atoms with van der Waals surface area (Å²) in [6, 6.07) is 4.93. The molecule has 0 bridgehead atoms. The Morgan fingerprint density at radius 2 is 1.44 bits per heavy atom. The molecular formula is C19H30N4O4. The predicted octanol–water partition coefficient (Wildman–Crippen LogP) is 1.94. The van der Waals surface area contributed by atoms with Crippen LogP contribution in [0.1, 0.15) is 52.7 Å². The van der Waals surface area contributed by atoms with Gasteiger partial charge in [0.2, 0.25) is 0 Å². The Kier molecular flexibility index (Phi) is 6.15. The number of esters is 2. The summed E-state index contributed by atoms with van der Waals surface area (Å²) in [5, 5.41) is 10.2. The number of anilines is 1. The maximum absolute atomic E-state index is 13.3. The van der Waals surface area contributed by atoms with Crippen molar-refractivity contribution in [2.24, 2.45) is 5.73 Å². The first kappa shape index (κ1) is 22.3. The number of aryl methyl sites for hydroxylation is 1. The summed E-state index contributed by atoms with van der Waals surface area (Å²) in [5.41, 5.74) is 8.48. The van der Waals surface area contributed by atoms with Crippen LogP contribution in [0.5, 0.6) is 0 Å². The second-order valence-corrected chi connectivity index (χ2v) is 8.33. The Bertz CT molecular complexity index is 697. The summed E-state index contributed by atoms with van der Waals surface area (Å²) < 4.78 is 11.0. The quantitative estimate of drug-likeness (QED) is 0.206. The van der Waals surface area contributed by atoms with Gasteiger partial charge in [0.05, 0.1) is 0 Å². The third-order valence-corrected chi connectivity index (χ3v) is 3.41. The van der Waals surface area contributed by atoms with Crippen LogP contribution in [0.25, 0.3) is 0 Å². The van der Waals surface area contributed by atoms with Crippen molar-refractivity contribution in [3.8, 4) is 0 Å². The number of carbonyl (C=O) groups excluding carboxylic acids is 2. The minimum Gasteiger partial charge on any atom is -0.458 e. The first-order chi connectivity index (χ1) is 12.1. The van der Waals surface area contributed by atoms with Crippen LogP contribution < -0.4 is 16.8 Å². The lowest BCUT2D eigenvalue weighted by molar-refractivity contribution is -0.179. The van der Waals surface area contributed by atoms with Gasteiger partial charge in [-0.25, -0.2) is 9.59 Å². The topological polar surface area (TPSA) is 141 Å². The maximum atomic E-state index is 13.3. The van der Waals surface area contributed by atoms with E-state index in [4.69, 9.17) is 26.4 Å². The third-order valence-electron chi connectivity index (χ3n) is 3.41. The largest absolute Gasteiger partial charge is 0.458 e. The Labute approximate surface area is 160 Å². The van der Waals surface area contributed by atoms with Gasteiger partial charge in [-0.2, -0.15) is 0 Å². The van der Waals surface area contributed by atoms with Crippen LogP contribution in [0.2, 0.25) is 0 Å². The first-order valence-corrected chi connectivity index (χ1v) is 8.55. The van der Waals surface area contributed by atoms with Crippen molar-refractivity contribution in [1.29, 1.82) is 5.41 Å². The summed E-state index contributed by atoms with van der Waals surface area (Å²) in [7, 11) is 0. The highest BCUT2D eigenvalue weighted by molar-refractivity contribution is 6.10. The van der Waals surface area contributed by atoms with E-state index in [1.54, 1.807) is 66.7 Å². The van der Waals surface area contributed by atoms with Crippen LogP contribution >= 0.6 is 0 Å². The second-order valence-electron chi connectivity index (χ2n) is 8.33. The van der Waals surface area contributed by atoms with Crippen LogP contribution in [-0.4, -0.2) is 29.1 Å². The Balaban J connectivity index is 3.81. The third kappa shape index (κ3) is 5.35. The van der Waals surface area contributed by atoms with Crippen molar-refractivity contribution in [1.82, 2.24) is 5.32 Å². The Morgan fingerprint density at radius 3 is 1.78 bits per heavy atom. The molecule has 1 aromatic carbocycles. The molecule has 27 heavy (non-hydrogen) atoms. The maximum Gasteiger partial charge on any atom is 0.349 e. The van der Waals surface area contributed by atoms with Gasteiger partial charge in [-0.3, -0.25) is 5.41 Å². The highest BCUT2D eigenvalue weighted by Crippen LogP contribution is 2.35. The van der Waals surface area contributed by atoms with E-state index in [2.05, 4.69) is 5.32 Å². The summed E-state index contributed by atoms with van der Waals surface area (Å²) in [4.78, 5) is 26.5. The van der Waals surface area contributed by atoms with Crippen LogP contribution in [0, 0.1) is 12.3 Å². The fraction of sp³-hybridized carbons (Fsp3) is 0.526. The molecule has 0 heterocycles. The van der Waals surface area contributed by atoms with Gasteiger partial charge in [0, 0.05) is 11.3 Å². The van der Waals surface area contributed by atoms with Crippen molar-refractivity contribution in [2.45, 2.75) is 65.2 Å². The van der Waals surface area contributed by atoms with Crippen molar-refractivity contribution in [2.75, 3.05) is 5.73 Å². The number of benzene rings is 1. The van der Waals surface area contributed by atoms with Crippen molar-refractivity contribution >= 4 is 23.6 Å². The second kappa shape index (κ2) is 7.46. The van der Waals surface area contributed by atoms with E-state index in [0.717, 1.165) is 0 Å². The molecule has 0 aliphatic carbocycles. The van der Waals surface area contributed by atoms with Crippen molar-refractivity contribution < 1.29 is 19.1 Å². The molecule has 6 N–H and O–H groups in total. The molecule has 8 heteroatoms. The highest BCUT2D eigenvalue weighted by Gasteiger charge is 2.55. The molecule has 0 unspecified atom stereocenters. The van der Waals surface area contributed by atoms with E-state index in [9.17, 15) is 9.59 Å². The summed E-state index contributed by atoms with van der Waals surface area (Å²) in [5.74, 6) is -2.52. The molecule has 1 aromatic rings. The van der Waals surface area contributed by atoms with E-state index in [1.165, 1.54) is 0 Å². The number of nitrogens with two attached hydrogens (primary N) is 2. The molecular weight excluding hydrogens is 348 g/mol. The van der Waals surface area contributed by atoms with Gasteiger partial charge < -0.3 is 26.3 Å². The lowest BCUT2D eigenvalue weighted by atomic mass is 9.84. The number of carbonyl (C=O) groups is 2. The van der Waals surface area contributed by atoms with E-state index >= 15 is 0 Å². The van der Waals surface area contributed by atoms with E-state index < -0.39 is 34.6 Å². The summed E-state index contributed by atoms with van der Waals surface area (Å²) in [6.07, 6.45) is 0. The van der Waals surface area contributed by atoms with Gasteiger partial charge in [0.1, 0.15) is 11.2 Å². The average molecular weight is 378 g/mol. The molecule has 0 saturated carbocycles. The predicted molar refractivity (Wildman–Crippen MR) is 104 cm³/mol. The average Bonchev–Trinajstić information content (AvgIpc) is 2.41. The lowest BCUT2D eigenvalue weighted by Crippen LogP contribution is -2.62. The van der Waals surface area contributed by atoms with Crippen LogP contribution in [0.3, 0.4) is 0 Å². The molecule has 0 fully saturated rings. The molecule has 0 spiro atoms. The Morgan fingerprint density at radius 1 is 1.00 bits per heavy atom. The van der Waals surface area contributed by atoms with Gasteiger partial charge >= 0.3 is 11.9 Å². The van der Waals surface area contributed by atoms with E-state index in [1.807, 2.05) is 0 Å². The highest BCUT2D eigenvalue weighted by atomic mass is 16.6. The zero-order chi connectivity index (χ0) is 21.2. The molecule has 8 nitrogen and oxygen atoms in total. The summed E-state index contributed by atoms with van der Waals surface area (Å²) >= 11 is 0. The fourth-order valence-electron chi connectivity index (χ4n) is 2.57. The smallest absolute Gasteiger partial charge is 0.349 e. The number of hydrogen-bond donors (Lipinski definition) is 4. The van der Waals surface area contributed by atoms with Gasteiger partial charge in [0.15, 0.2) is 5.96 Å². The molecule has 0 amide bonds. The van der Waals surface area contributed by atoms with Crippen molar-refractivity contribution in [3.05, 3.63) is 29.3 Å². The minimum atomic E-state index is -2.22. The molecule has 0 radical (unpaired) electrons. The molecule has 150 valence electrons. The van der Waals surface area contributed by atoms with E-state index in [-0.39, 0.29) is 11.3 Å². The molecule has 0 atom stereocenters. The molecule has 1 rings (SSSR count). The van der Waals surface area contributed by atoms with Crippen LogP contribution in [0.4, 0.5) is 5.69 Å². The molecule has 0 saturated heterocycles. The fourth-order valence-corrected chi connectivity index (χ4v) is 2.57. The zero-order valence-electron chi connectivity index (χ0n) is 17.0. The first-order valence-electron chi connectivity index (χ1n) is 8.55.